The van der Waals surface area contributed by atoms with E-state index in [0.29, 0.717) is 27.6 Å². The molecule has 0 fully saturated rings. The van der Waals surface area contributed by atoms with Crippen molar-refractivity contribution < 1.29 is 19.1 Å². The van der Waals surface area contributed by atoms with Crippen molar-refractivity contribution in [3.05, 3.63) is 39.8 Å². The molecule has 0 bridgehead atoms. The number of aryl methyl sites for hydroxylation is 1. The number of benzene rings is 1. The first-order valence-corrected chi connectivity index (χ1v) is 9.45. The van der Waals surface area contributed by atoms with Crippen LogP contribution in [0, 0.1) is 0 Å². The van der Waals surface area contributed by atoms with Gasteiger partial charge in [0.05, 0.1) is 19.8 Å². The molecule has 1 aromatic heterocycles. The molecule has 4 N–H and O–H groups in total. The van der Waals surface area contributed by atoms with Crippen molar-refractivity contribution in [2.45, 2.75) is 19.3 Å². The maximum Gasteiger partial charge on any atom is 0.257 e. The van der Waals surface area contributed by atoms with Crippen LogP contribution in [-0.4, -0.2) is 31.1 Å². The fourth-order valence-corrected chi connectivity index (χ4v) is 4.60. The number of anilines is 1. The van der Waals surface area contributed by atoms with E-state index < -0.39 is 11.8 Å². The number of hydrogen-bond acceptors (Lipinski definition) is 6. The van der Waals surface area contributed by atoms with Crippen molar-refractivity contribution in [3.8, 4) is 11.5 Å². The third-order valence-electron chi connectivity index (χ3n) is 4.27. The molecule has 0 radical (unpaired) electrons. The second kappa shape index (κ2) is 7.93. The van der Waals surface area contributed by atoms with E-state index in [1.54, 1.807) is 18.2 Å². The molecule has 0 spiro atoms. The summed E-state index contributed by atoms with van der Waals surface area (Å²) in [5.74, 6) is 0.0627. The molecule has 1 aliphatic rings. The lowest BCUT2D eigenvalue weighted by molar-refractivity contribution is 0.0975. The lowest BCUT2D eigenvalue weighted by Gasteiger charge is -2.12. The highest BCUT2D eigenvalue weighted by atomic mass is 32.1. The molecular weight excluding hydrogens is 386 g/mol. The van der Waals surface area contributed by atoms with E-state index in [0.717, 1.165) is 29.7 Å². The Morgan fingerprint density at radius 3 is 2.59 bits per heavy atom. The number of nitrogens with two attached hydrogens (primary N) is 1. The van der Waals surface area contributed by atoms with Gasteiger partial charge in [0.2, 0.25) is 0 Å². The number of nitrogens with one attached hydrogen (secondary N) is 2. The normalized spacial score (nSPS) is 12.2. The van der Waals surface area contributed by atoms with Crippen molar-refractivity contribution in [1.29, 1.82) is 0 Å². The predicted molar refractivity (Wildman–Crippen MR) is 108 cm³/mol. The summed E-state index contributed by atoms with van der Waals surface area (Å²) in [6, 6.07) is 4.80. The smallest absolute Gasteiger partial charge is 0.257 e. The third kappa shape index (κ3) is 3.88. The molecule has 7 nitrogen and oxygen atoms in total. The van der Waals surface area contributed by atoms with E-state index >= 15 is 0 Å². The highest BCUT2D eigenvalue weighted by molar-refractivity contribution is 7.80. The van der Waals surface area contributed by atoms with Crippen LogP contribution in [0.25, 0.3) is 0 Å². The van der Waals surface area contributed by atoms with Crippen molar-refractivity contribution in [2.24, 2.45) is 5.73 Å². The summed E-state index contributed by atoms with van der Waals surface area (Å²) in [5.41, 5.74) is 7.35. The Morgan fingerprint density at radius 2 is 1.93 bits per heavy atom. The van der Waals surface area contributed by atoms with E-state index in [4.69, 9.17) is 27.4 Å². The summed E-state index contributed by atoms with van der Waals surface area (Å²) in [6.45, 7) is 0. The van der Waals surface area contributed by atoms with Crippen molar-refractivity contribution in [3.63, 3.8) is 0 Å². The predicted octanol–water partition coefficient (Wildman–Crippen LogP) is 2.48. The molecule has 0 unspecified atom stereocenters. The zero-order valence-electron chi connectivity index (χ0n) is 14.9. The molecular formula is C18H19N3O4S2. The van der Waals surface area contributed by atoms with Crippen molar-refractivity contribution in [2.75, 3.05) is 19.5 Å². The first kappa shape index (κ1) is 19.1. The monoisotopic (exact) mass is 405 g/mol. The Labute approximate surface area is 165 Å². The lowest BCUT2D eigenvalue weighted by atomic mass is 10.1. The van der Waals surface area contributed by atoms with Gasteiger partial charge < -0.3 is 20.5 Å². The molecule has 1 aliphatic carbocycles. The van der Waals surface area contributed by atoms with E-state index in [2.05, 4.69) is 10.6 Å². The summed E-state index contributed by atoms with van der Waals surface area (Å²) in [6.07, 6.45) is 2.77. The molecule has 2 amide bonds. The minimum atomic E-state index is -0.495. The van der Waals surface area contributed by atoms with Gasteiger partial charge in [-0.2, -0.15) is 0 Å². The van der Waals surface area contributed by atoms with Crippen LogP contribution in [0.15, 0.2) is 18.2 Å². The lowest BCUT2D eigenvalue weighted by Crippen LogP contribution is -2.34. The number of hydrogen-bond donors (Lipinski definition) is 3. The summed E-state index contributed by atoms with van der Waals surface area (Å²) in [7, 11) is 3.01. The van der Waals surface area contributed by atoms with Crippen LogP contribution in [0.1, 0.15) is 37.6 Å². The molecule has 1 aromatic carbocycles. The van der Waals surface area contributed by atoms with Gasteiger partial charge in [-0.15, -0.1) is 11.3 Å². The molecule has 0 aliphatic heterocycles. The van der Waals surface area contributed by atoms with E-state index in [1.807, 2.05) is 0 Å². The number of carbonyl (C=O) groups is 2. The van der Waals surface area contributed by atoms with Crippen molar-refractivity contribution >= 4 is 45.5 Å². The molecule has 9 heteroatoms. The van der Waals surface area contributed by atoms with Gasteiger partial charge in [0, 0.05) is 10.4 Å². The number of methoxy groups -OCH3 is 2. The third-order valence-corrected chi connectivity index (χ3v) is 5.68. The molecule has 27 heavy (non-hydrogen) atoms. The zero-order chi connectivity index (χ0) is 19.6. The average Bonchev–Trinajstić information content (AvgIpc) is 3.21. The van der Waals surface area contributed by atoms with Gasteiger partial charge in [-0.3, -0.25) is 14.9 Å². The molecule has 1 heterocycles. The van der Waals surface area contributed by atoms with Crippen LogP contribution in [0.5, 0.6) is 11.5 Å². The number of amides is 2. The fourth-order valence-electron chi connectivity index (χ4n) is 3.04. The maximum atomic E-state index is 12.4. The number of carbonyl (C=O) groups excluding carboxylic acids is 2. The second-order valence-corrected chi connectivity index (χ2v) is 7.42. The summed E-state index contributed by atoms with van der Waals surface area (Å²) < 4.78 is 10.4. The van der Waals surface area contributed by atoms with Crippen LogP contribution < -0.4 is 25.8 Å². The van der Waals surface area contributed by atoms with Crippen LogP contribution in [0.2, 0.25) is 0 Å². The van der Waals surface area contributed by atoms with E-state index in [1.165, 1.54) is 25.6 Å². The minimum absolute atomic E-state index is 0.0946. The molecule has 0 atom stereocenters. The van der Waals surface area contributed by atoms with Gasteiger partial charge in [0.1, 0.15) is 5.00 Å². The summed E-state index contributed by atoms with van der Waals surface area (Å²) in [5, 5.41) is 6.21. The van der Waals surface area contributed by atoms with Crippen LogP contribution in [0.3, 0.4) is 0 Å². The molecule has 142 valence electrons. The highest BCUT2D eigenvalue weighted by Gasteiger charge is 2.26. The van der Waals surface area contributed by atoms with Gasteiger partial charge in [-0.25, -0.2) is 0 Å². The maximum absolute atomic E-state index is 12.4. The van der Waals surface area contributed by atoms with Gasteiger partial charge in [0.25, 0.3) is 11.8 Å². The molecule has 0 saturated carbocycles. The second-order valence-electron chi connectivity index (χ2n) is 5.90. The SMILES string of the molecule is COc1ccc(C(=O)NC(=S)Nc2sc3c(c2C(N)=O)CCC3)cc1OC. The van der Waals surface area contributed by atoms with Crippen LogP contribution >= 0.6 is 23.6 Å². The number of thiophene rings is 1. The summed E-state index contributed by atoms with van der Waals surface area (Å²) >= 11 is 6.68. The molecule has 0 saturated heterocycles. The topological polar surface area (TPSA) is 103 Å². The van der Waals surface area contributed by atoms with E-state index in [-0.39, 0.29) is 5.11 Å². The zero-order valence-corrected chi connectivity index (χ0v) is 16.5. The molecule has 2 aromatic rings. The number of ether oxygens (including phenoxy) is 2. The number of primary amides is 1. The van der Waals surface area contributed by atoms with Gasteiger partial charge >= 0.3 is 0 Å². The number of thiocarbonyl (C=S) groups is 1. The van der Waals surface area contributed by atoms with Crippen molar-refractivity contribution in [1.82, 2.24) is 5.32 Å². The van der Waals surface area contributed by atoms with Gasteiger partial charge in [-0.05, 0) is 55.2 Å². The van der Waals surface area contributed by atoms with Gasteiger partial charge in [-0.1, -0.05) is 0 Å². The Bertz CT molecular complexity index is 924. The first-order chi connectivity index (χ1) is 12.9. The first-order valence-electron chi connectivity index (χ1n) is 8.23. The minimum Gasteiger partial charge on any atom is -0.493 e. The number of rotatable bonds is 5. The van der Waals surface area contributed by atoms with Crippen LogP contribution in [0.4, 0.5) is 5.00 Å². The quantitative estimate of drug-likeness (QED) is 0.661. The Kier molecular flexibility index (Phi) is 5.62. The Morgan fingerprint density at radius 1 is 1.19 bits per heavy atom. The van der Waals surface area contributed by atoms with Gasteiger partial charge in [0.15, 0.2) is 16.6 Å². The van der Waals surface area contributed by atoms with Crippen LogP contribution in [-0.2, 0) is 12.8 Å². The molecule has 3 rings (SSSR count). The van der Waals surface area contributed by atoms with E-state index in [9.17, 15) is 9.59 Å². The Hall–Kier alpha value is -2.65. The largest absolute Gasteiger partial charge is 0.493 e. The number of fused-ring (bicyclic) bond motifs is 1. The highest BCUT2D eigenvalue weighted by Crippen LogP contribution is 2.38. The summed E-state index contributed by atoms with van der Waals surface area (Å²) in [4.78, 5) is 25.4. The standard InChI is InChI=1S/C18H19N3O4S2/c1-24-11-7-6-9(8-12(11)25-2)16(23)20-18(26)21-17-14(15(19)22)10-4-3-5-13(10)27-17/h6-8H,3-5H2,1-2H3,(H2,19,22)(H2,20,21,23,26). The fraction of sp³-hybridized carbons (Fsp3) is 0.278. The average molecular weight is 406 g/mol. The Balaban J connectivity index is 1.73.